The summed E-state index contributed by atoms with van der Waals surface area (Å²) in [6, 6.07) is 10.6. The Kier molecular flexibility index (Phi) is 5.47. The van der Waals surface area contributed by atoms with E-state index < -0.39 is 11.7 Å². The molecular formula is C24H21N5O3S. The summed E-state index contributed by atoms with van der Waals surface area (Å²) < 4.78 is 0. The van der Waals surface area contributed by atoms with E-state index >= 15 is 0 Å². The molecule has 33 heavy (non-hydrogen) atoms. The Bertz CT molecular complexity index is 1330. The number of benzene rings is 1. The van der Waals surface area contributed by atoms with Crippen LogP contribution in [0, 0.1) is 0 Å². The maximum absolute atomic E-state index is 13.2. The second-order valence-corrected chi connectivity index (χ2v) is 8.83. The lowest BCUT2D eigenvalue weighted by molar-refractivity contribution is -0.130. The first kappa shape index (κ1) is 21.0. The second kappa shape index (κ2) is 8.59. The molecule has 0 unspecified atom stereocenters. The number of H-pyrrole nitrogens is 1. The number of Topliss-reactive ketones (excluding diaryl/α,β-unsaturated/α-hetero) is 1. The standard InChI is InChI=1S/C24H21N5O3S/c1-15-13-28(23(31)16-5-3-2-4-6-16)9-10-29(15)24(32)22(30)18-11-27-20-17(7-8-26-21(18)20)19-12-25-14-33-19/h2-8,11-12,14-15,27H,9-10,13H2,1H3/t15-/m1/s1. The molecule has 5 rings (SSSR count). The van der Waals surface area contributed by atoms with Crippen molar-refractivity contribution in [1.29, 1.82) is 0 Å². The lowest BCUT2D eigenvalue weighted by Crippen LogP contribution is -2.56. The van der Waals surface area contributed by atoms with Crippen LogP contribution >= 0.6 is 11.3 Å². The van der Waals surface area contributed by atoms with Gasteiger partial charge >= 0.3 is 0 Å². The van der Waals surface area contributed by atoms with Gasteiger partial charge in [0.15, 0.2) is 0 Å². The molecule has 0 saturated carbocycles. The molecule has 1 atom stereocenters. The molecule has 0 bridgehead atoms. The molecule has 9 heteroatoms. The predicted molar refractivity (Wildman–Crippen MR) is 125 cm³/mol. The van der Waals surface area contributed by atoms with Crippen LogP contribution in [-0.2, 0) is 4.79 Å². The Morgan fingerprint density at radius 3 is 2.67 bits per heavy atom. The van der Waals surface area contributed by atoms with Crippen LogP contribution in [0.15, 0.2) is 60.5 Å². The van der Waals surface area contributed by atoms with E-state index in [1.54, 1.807) is 46.0 Å². The zero-order valence-corrected chi connectivity index (χ0v) is 18.7. The van der Waals surface area contributed by atoms with Gasteiger partial charge in [-0.1, -0.05) is 18.2 Å². The number of ketones is 1. The van der Waals surface area contributed by atoms with E-state index in [0.717, 1.165) is 10.4 Å². The molecule has 166 valence electrons. The highest BCUT2D eigenvalue weighted by Gasteiger charge is 2.34. The third-order valence-corrected chi connectivity index (χ3v) is 6.71. The Labute approximate surface area is 193 Å². The van der Waals surface area contributed by atoms with Crippen LogP contribution in [0.2, 0.25) is 0 Å². The first-order valence-electron chi connectivity index (χ1n) is 10.6. The first-order valence-corrected chi connectivity index (χ1v) is 11.5. The van der Waals surface area contributed by atoms with E-state index in [4.69, 9.17) is 0 Å². The van der Waals surface area contributed by atoms with E-state index in [2.05, 4.69) is 15.0 Å². The number of carbonyl (C=O) groups excluding carboxylic acids is 3. The number of thiazole rings is 1. The summed E-state index contributed by atoms with van der Waals surface area (Å²) in [5, 5.41) is 0. The molecule has 3 aromatic heterocycles. The summed E-state index contributed by atoms with van der Waals surface area (Å²) in [5.41, 5.74) is 4.65. The van der Waals surface area contributed by atoms with Crippen molar-refractivity contribution < 1.29 is 14.4 Å². The average molecular weight is 460 g/mol. The molecule has 1 saturated heterocycles. The molecule has 1 aliphatic rings. The SMILES string of the molecule is C[C@@H]1CN(C(=O)c2ccccc2)CCN1C(=O)C(=O)c1c[nH]c2c(-c3cncs3)ccnc12. The minimum absolute atomic E-state index is 0.0719. The van der Waals surface area contributed by atoms with Crippen molar-refractivity contribution in [1.82, 2.24) is 24.8 Å². The van der Waals surface area contributed by atoms with Crippen molar-refractivity contribution in [2.24, 2.45) is 0 Å². The molecule has 8 nitrogen and oxygen atoms in total. The number of amides is 2. The molecule has 1 fully saturated rings. The molecule has 0 spiro atoms. The number of aromatic nitrogens is 3. The minimum Gasteiger partial charge on any atom is -0.359 e. The van der Waals surface area contributed by atoms with E-state index in [9.17, 15) is 14.4 Å². The number of rotatable bonds is 4. The van der Waals surface area contributed by atoms with Gasteiger partial charge in [0, 0.05) is 55.4 Å². The number of fused-ring (bicyclic) bond motifs is 1. The topological polar surface area (TPSA) is 99.3 Å². The number of nitrogens with one attached hydrogen (secondary N) is 1. The number of pyridine rings is 1. The molecule has 1 aromatic carbocycles. The van der Waals surface area contributed by atoms with Crippen molar-refractivity contribution in [3.8, 4) is 10.4 Å². The fourth-order valence-corrected chi connectivity index (χ4v) is 4.86. The van der Waals surface area contributed by atoms with Crippen LogP contribution in [-0.4, -0.2) is 68.0 Å². The number of piperazine rings is 1. The van der Waals surface area contributed by atoms with Gasteiger partial charge in [0.25, 0.3) is 17.6 Å². The third kappa shape index (κ3) is 3.80. The van der Waals surface area contributed by atoms with Crippen LogP contribution in [0.5, 0.6) is 0 Å². The van der Waals surface area contributed by atoms with Gasteiger partial charge in [-0.3, -0.25) is 24.4 Å². The van der Waals surface area contributed by atoms with Gasteiger partial charge in [0.05, 0.1) is 27.0 Å². The maximum atomic E-state index is 13.2. The number of nitrogens with zero attached hydrogens (tertiary/aromatic N) is 4. The number of carbonyl (C=O) groups is 3. The summed E-state index contributed by atoms with van der Waals surface area (Å²) in [6.45, 7) is 2.89. The van der Waals surface area contributed by atoms with Crippen molar-refractivity contribution in [2.45, 2.75) is 13.0 Å². The zero-order chi connectivity index (χ0) is 22.9. The van der Waals surface area contributed by atoms with Gasteiger partial charge in [-0.2, -0.15) is 0 Å². The van der Waals surface area contributed by atoms with Gasteiger partial charge in [-0.25, -0.2) is 0 Å². The highest BCUT2D eigenvalue weighted by Crippen LogP contribution is 2.31. The molecule has 1 aliphatic heterocycles. The minimum atomic E-state index is -0.607. The zero-order valence-electron chi connectivity index (χ0n) is 17.9. The molecule has 0 radical (unpaired) electrons. The summed E-state index contributed by atoms with van der Waals surface area (Å²) >= 11 is 1.49. The largest absolute Gasteiger partial charge is 0.359 e. The Balaban J connectivity index is 1.34. The highest BCUT2D eigenvalue weighted by molar-refractivity contribution is 7.13. The van der Waals surface area contributed by atoms with Gasteiger partial charge < -0.3 is 14.8 Å². The smallest absolute Gasteiger partial charge is 0.295 e. The maximum Gasteiger partial charge on any atom is 0.295 e. The van der Waals surface area contributed by atoms with Gasteiger partial charge in [-0.05, 0) is 25.1 Å². The number of aromatic amines is 1. The van der Waals surface area contributed by atoms with E-state index in [1.165, 1.54) is 11.3 Å². The van der Waals surface area contributed by atoms with Crippen LogP contribution in [0.25, 0.3) is 21.5 Å². The van der Waals surface area contributed by atoms with E-state index in [0.29, 0.717) is 36.2 Å². The normalized spacial score (nSPS) is 16.2. The quantitative estimate of drug-likeness (QED) is 0.373. The molecule has 0 aliphatic carbocycles. The van der Waals surface area contributed by atoms with Crippen molar-refractivity contribution in [2.75, 3.05) is 19.6 Å². The Morgan fingerprint density at radius 1 is 1.12 bits per heavy atom. The van der Waals surface area contributed by atoms with Gasteiger partial charge in [-0.15, -0.1) is 11.3 Å². The molecule has 4 heterocycles. The Hall–Kier alpha value is -3.85. The van der Waals surface area contributed by atoms with Crippen LogP contribution in [0.1, 0.15) is 27.6 Å². The fraction of sp³-hybridized carbons (Fsp3) is 0.208. The number of hydrogen-bond donors (Lipinski definition) is 1. The lowest BCUT2D eigenvalue weighted by atomic mass is 10.1. The van der Waals surface area contributed by atoms with Crippen LogP contribution < -0.4 is 0 Å². The van der Waals surface area contributed by atoms with Gasteiger partial charge in [0.2, 0.25) is 0 Å². The van der Waals surface area contributed by atoms with Crippen molar-refractivity contribution >= 4 is 40.0 Å². The highest BCUT2D eigenvalue weighted by atomic mass is 32.1. The summed E-state index contributed by atoms with van der Waals surface area (Å²) in [5.74, 6) is -1.26. The average Bonchev–Trinajstić information content (AvgIpc) is 3.53. The van der Waals surface area contributed by atoms with Crippen molar-refractivity contribution in [3.63, 3.8) is 0 Å². The summed E-state index contributed by atoms with van der Waals surface area (Å²) in [7, 11) is 0. The fourth-order valence-electron chi connectivity index (χ4n) is 4.20. The van der Waals surface area contributed by atoms with Crippen molar-refractivity contribution in [3.05, 3.63) is 71.6 Å². The predicted octanol–water partition coefficient (Wildman–Crippen LogP) is 3.24. The first-order chi connectivity index (χ1) is 16.0. The second-order valence-electron chi connectivity index (χ2n) is 7.94. The molecule has 1 N–H and O–H groups in total. The molecule has 2 amide bonds. The summed E-state index contributed by atoms with van der Waals surface area (Å²) in [6.07, 6.45) is 4.93. The van der Waals surface area contributed by atoms with Gasteiger partial charge in [0.1, 0.15) is 0 Å². The van der Waals surface area contributed by atoms with Crippen LogP contribution in [0.3, 0.4) is 0 Å². The lowest BCUT2D eigenvalue weighted by Gasteiger charge is -2.39. The molecular weight excluding hydrogens is 438 g/mol. The van der Waals surface area contributed by atoms with Crippen LogP contribution in [0.4, 0.5) is 0 Å². The molecule has 4 aromatic rings. The van der Waals surface area contributed by atoms with E-state index in [1.807, 2.05) is 31.2 Å². The van der Waals surface area contributed by atoms with E-state index in [-0.39, 0.29) is 17.5 Å². The third-order valence-electron chi connectivity index (χ3n) is 5.90. The summed E-state index contributed by atoms with van der Waals surface area (Å²) in [4.78, 5) is 54.8. The Morgan fingerprint density at radius 2 is 1.94 bits per heavy atom. The number of hydrogen-bond acceptors (Lipinski definition) is 6. The monoisotopic (exact) mass is 459 g/mol.